The number of aliphatic imine (C=N–C) groups is 2. The number of carboxylic acids is 1. The van der Waals surface area contributed by atoms with E-state index in [1.54, 1.807) is 45.3 Å². The van der Waals surface area contributed by atoms with Crippen molar-refractivity contribution in [3.8, 4) is 34.5 Å². The SMILES string of the molecule is CCCn1c(=O)[nH]c(N)c(N)c1=O.CCCn1c(=O)c2c(n3ccnc13)N=C(c1ccc(OC)c(OC)c1)C2.CCCn1c(Cl)nc2c(c1=O)CC(c1ccc(OC)c(OC)c1)=N2.COc1ccc(C(=O)O)cc1OC.[H-].[K+]. The van der Waals surface area contributed by atoms with Crippen molar-refractivity contribution in [2.24, 2.45) is 9.98 Å². The molecule has 0 radical (unpaired) electrons. The van der Waals surface area contributed by atoms with E-state index in [0.717, 1.165) is 40.0 Å². The number of nitrogen functional groups attached to an aromatic ring is 2. The number of H-pyrrole nitrogens is 1. The van der Waals surface area contributed by atoms with Gasteiger partial charge >= 0.3 is 63.0 Å². The number of hydrogen-bond donors (Lipinski definition) is 4. The summed E-state index contributed by atoms with van der Waals surface area (Å²) in [5.41, 5.74) is 14.2. The van der Waals surface area contributed by atoms with Gasteiger partial charge in [-0.3, -0.25) is 37.5 Å². The molecule has 6 N–H and O–H groups in total. The molecule has 2 aliphatic heterocycles. The normalized spacial score (nSPS) is 11.7. The maximum Gasteiger partial charge on any atom is 1.00 e. The molecule has 3 aromatic carbocycles. The van der Waals surface area contributed by atoms with Gasteiger partial charge in [0, 0.05) is 56.0 Å². The minimum Gasteiger partial charge on any atom is -1.00 e. The minimum absolute atomic E-state index is 0. The van der Waals surface area contributed by atoms with Gasteiger partial charge in [0.1, 0.15) is 17.3 Å². The summed E-state index contributed by atoms with van der Waals surface area (Å²) in [7, 11) is 9.33. The molecule has 0 aliphatic carbocycles. The molecular weight excluding hydrogens is 1050 g/mol. The predicted octanol–water partition coefficient (Wildman–Crippen LogP) is 3.23. The van der Waals surface area contributed by atoms with E-state index in [0.29, 0.717) is 102 Å². The number of imidazole rings is 1. The van der Waals surface area contributed by atoms with Gasteiger partial charge in [-0.2, -0.15) is 4.98 Å². The summed E-state index contributed by atoms with van der Waals surface area (Å²) in [5.74, 6) is 4.15. The summed E-state index contributed by atoms with van der Waals surface area (Å²) in [4.78, 5) is 78.8. The third-order valence-electron chi connectivity index (χ3n) is 11.9. The van der Waals surface area contributed by atoms with Crippen LogP contribution >= 0.6 is 11.6 Å². The maximum atomic E-state index is 13.0. The summed E-state index contributed by atoms with van der Waals surface area (Å²) < 4.78 is 37.3. The number of anilines is 2. The van der Waals surface area contributed by atoms with Gasteiger partial charge in [-0.15, -0.1) is 0 Å². The van der Waals surface area contributed by atoms with Gasteiger partial charge in [0.2, 0.25) is 11.1 Å². The average Bonchev–Trinajstić information content (AvgIpc) is 4.26. The van der Waals surface area contributed by atoms with E-state index in [2.05, 4.69) is 19.9 Å². The second-order valence-corrected chi connectivity index (χ2v) is 17.0. The van der Waals surface area contributed by atoms with E-state index in [1.807, 2.05) is 67.8 Å². The second kappa shape index (κ2) is 27.7. The van der Waals surface area contributed by atoms with Crippen LogP contribution in [0.15, 0.2) is 96.2 Å². The van der Waals surface area contributed by atoms with Crippen molar-refractivity contribution in [2.45, 2.75) is 72.5 Å². The number of nitrogens with two attached hydrogens (primary N) is 2. The molecule has 0 saturated heterocycles. The first-order valence-electron chi connectivity index (χ1n) is 23.8. The monoisotopic (exact) mass is 1110 g/mol. The quantitative estimate of drug-likeness (QED) is 0.0846. The van der Waals surface area contributed by atoms with Crippen LogP contribution in [0.2, 0.25) is 5.28 Å². The first-order valence-corrected chi connectivity index (χ1v) is 24.2. The number of ether oxygens (including phenoxy) is 6. The molecular formula is C52H61ClKN11O12. The summed E-state index contributed by atoms with van der Waals surface area (Å²) in [6.07, 6.45) is 6.82. The van der Waals surface area contributed by atoms with E-state index < -0.39 is 17.2 Å². The zero-order chi connectivity index (χ0) is 55.4. The molecule has 0 fully saturated rings. The Labute approximate surface area is 491 Å². The molecule has 2 aliphatic rings. The first kappa shape index (κ1) is 60.6. The van der Waals surface area contributed by atoms with E-state index >= 15 is 0 Å². The Balaban J connectivity index is 0.000000233. The van der Waals surface area contributed by atoms with Gasteiger partial charge in [-0.25, -0.2) is 24.6 Å². The molecule has 404 valence electrons. The van der Waals surface area contributed by atoms with Gasteiger partial charge in [-0.1, -0.05) is 20.8 Å². The molecule has 0 saturated carbocycles. The van der Waals surface area contributed by atoms with Crippen LogP contribution in [0.1, 0.15) is 74.1 Å². The topological polar surface area (TPSA) is 298 Å². The number of nitrogens with zero attached hydrogens (tertiary/aromatic N) is 8. The number of aryl methyl sites for hydroxylation is 1. The van der Waals surface area contributed by atoms with Gasteiger partial charge in [0.05, 0.1) is 70.8 Å². The van der Waals surface area contributed by atoms with E-state index in [9.17, 15) is 24.0 Å². The number of aromatic carboxylic acids is 1. The van der Waals surface area contributed by atoms with Gasteiger partial charge in [-0.05, 0) is 85.5 Å². The number of rotatable bonds is 15. The van der Waals surface area contributed by atoms with Crippen molar-refractivity contribution in [1.82, 2.24) is 33.1 Å². The Morgan fingerprint density at radius 3 is 1.68 bits per heavy atom. The largest absolute Gasteiger partial charge is 1.00 e. The molecule has 6 heterocycles. The molecule has 0 amide bonds. The predicted molar refractivity (Wildman–Crippen MR) is 290 cm³/mol. The number of carboxylic acid groups (broad SMARTS) is 1. The van der Waals surface area contributed by atoms with Gasteiger partial charge < -0.3 is 46.4 Å². The van der Waals surface area contributed by atoms with Crippen LogP contribution < -0.4 is 114 Å². The number of hydrogen-bond acceptors (Lipinski definition) is 17. The molecule has 0 unspecified atom stereocenters. The van der Waals surface area contributed by atoms with Crippen molar-refractivity contribution < 1.29 is 91.1 Å². The average molecular weight is 1110 g/mol. The Morgan fingerprint density at radius 1 is 0.662 bits per heavy atom. The number of halogens is 1. The number of aromatic amines is 1. The van der Waals surface area contributed by atoms with Crippen LogP contribution in [0.4, 0.5) is 23.1 Å². The number of nitrogens with one attached hydrogen (secondary N) is 1. The van der Waals surface area contributed by atoms with Gasteiger partial charge in [0.15, 0.2) is 40.3 Å². The van der Waals surface area contributed by atoms with Crippen molar-refractivity contribution in [3.63, 3.8) is 0 Å². The second-order valence-electron chi connectivity index (χ2n) is 16.7. The Hall–Kier alpha value is -7.22. The van der Waals surface area contributed by atoms with Crippen LogP contribution in [0.25, 0.3) is 5.78 Å². The van der Waals surface area contributed by atoms with Crippen molar-refractivity contribution in [2.75, 3.05) is 54.1 Å². The van der Waals surface area contributed by atoms with E-state index in [-0.39, 0.29) is 86.3 Å². The van der Waals surface area contributed by atoms with Crippen LogP contribution in [0.5, 0.6) is 34.5 Å². The van der Waals surface area contributed by atoms with Crippen LogP contribution in [-0.2, 0) is 32.5 Å². The fourth-order valence-electron chi connectivity index (χ4n) is 8.11. The maximum absolute atomic E-state index is 13.0. The summed E-state index contributed by atoms with van der Waals surface area (Å²) in [6, 6.07) is 15.7. The summed E-state index contributed by atoms with van der Waals surface area (Å²) in [6.45, 7) is 7.42. The molecule has 25 heteroatoms. The first-order chi connectivity index (χ1) is 36.5. The zero-order valence-corrected chi connectivity index (χ0v) is 48.4. The van der Waals surface area contributed by atoms with Crippen molar-refractivity contribution in [1.29, 1.82) is 0 Å². The van der Waals surface area contributed by atoms with E-state index in [1.165, 1.54) is 30.9 Å². The Kier molecular flexibility index (Phi) is 21.8. The minimum atomic E-state index is -0.985. The molecule has 0 bridgehead atoms. The van der Waals surface area contributed by atoms with Gasteiger partial charge in [0.25, 0.3) is 16.7 Å². The third-order valence-corrected chi connectivity index (χ3v) is 12.2. The van der Waals surface area contributed by atoms with Crippen LogP contribution in [0.3, 0.4) is 0 Å². The number of benzene rings is 3. The van der Waals surface area contributed by atoms with Crippen molar-refractivity contribution >= 4 is 57.9 Å². The molecule has 0 atom stereocenters. The fourth-order valence-corrected chi connectivity index (χ4v) is 8.35. The number of methoxy groups -OCH3 is 6. The Bertz CT molecular complexity index is 3590. The molecule has 23 nitrogen and oxygen atoms in total. The molecule has 77 heavy (non-hydrogen) atoms. The Morgan fingerprint density at radius 2 is 1.14 bits per heavy atom. The standard InChI is InChI=1S/C19H20N4O3.C17H18ClN3O3.C9H10O4.C7H12N4O2.K.H/c1-4-8-23-18(24)13-11-14(21-17(13)22-9-7-20-19(22)23)12-5-6-15(25-2)16(10-12)26-3;1-4-7-21-16(22)11-9-12(19-15(11)20-17(21)18)10-5-6-13(23-2)14(8-10)24-3;1-12-7-4-3-6(9(10)11)5-8(7)13-2;1-2-3-11-6(12)4(8)5(9)10-7(11)13;;/h5-7,9-10H,4,8,11H2,1-3H3;5-6,8H,4,7,9H2,1-3H3;3-5H,1-2H3,(H,10,11);2-3,8-9H2,1H3,(H,10,13);;/q;;;;+1;-1. The van der Waals surface area contributed by atoms with E-state index in [4.69, 9.17) is 61.6 Å². The van der Waals surface area contributed by atoms with Crippen molar-refractivity contribution in [3.05, 3.63) is 142 Å². The molecule has 7 aromatic rings. The number of fused-ring (bicyclic) bond motifs is 4. The fraction of sp³-hybridized carbons (Fsp3) is 0.327. The summed E-state index contributed by atoms with van der Waals surface area (Å²) in [5, 5.41) is 8.85. The number of carbonyl (C=O) groups is 1. The smallest absolute Gasteiger partial charge is 1.00 e. The zero-order valence-electron chi connectivity index (χ0n) is 45.6. The molecule has 9 rings (SSSR count). The molecule has 4 aromatic heterocycles. The summed E-state index contributed by atoms with van der Waals surface area (Å²) >= 11 is 6.12. The van der Waals surface area contributed by atoms with Crippen LogP contribution in [-0.4, -0.2) is 98.2 Å². The third kappa shape index (κ3) is 13.5. The molecule has 0 spiro atoms. The van der Waals surface area contributed by atoms with Crippen LogP contribution in [0, 0.1) is 0 Å². The number of aromatic nitrogens is 7.